The van der Waals surface area contributed by atoms with E-state index in [0.29, 0.717) is 47.4 Å². The average molecular weight is 1190 g/mol. The molecule has 454 valence electrons. The Morgan fingerprint density at radius 1 is 0.477 bits per heavy atom. The van der Waals surface area contributed by atoms with Crippen molar-refractivity contribution in [2.24, 2.45) is 0 Å². The Morgan fingerprint density at radius 2 is 0.942 bits per heavy atom. The van der Waals surface area contributed by atoms with Crippen molar-refractivity contribution in [3.63, 3.8) is 0 Å². The molecular formula is C68H78ClN5O12. The monoisotopic (exact) mass is 1190 g/mol. The van der Waals surface area contributed by atoms with Crippen molar-refractivity contribution >= 4 is 53.6 Å². The molecule has 1 aliphatic carbocycles. The fourth-order valence-electron chi connectivity index (χ4n) is 10.1. The predicted octanol–water partition coefficient (Wildman–Crippen LogP) is 12.0. The van der Waals surface area contributed by atoms with Crippen LogP contribution in [0.15, 0.2) is 164 Å². The Balaban J connectivity index is 0.934. The summed E-state index contributed by atoms with van der Waals surface area (Å²) in [5.41, 5.74) is 3.43. The first-order valence-corrected chi connectivity index (χ1v) is 29.5. The van der Waals surface area contributed by atoms with E-state index in [2.05, 4.69) is 26.6 Å². The van der Waals surface area contributed by atoms with Gasteiger partial charge in [0, 0.05) is 47.1 Å². The van der Waals surface area contributed by atoms with Crippen molar-refractivity contribution in [2.45, 2.75) is 140 Å². The van der Waals surface area contributed by atoms with Gasteiger partial charge in [0.1, 0.15) is 42.5 Å². The lowest BCUT2D eigenvalue weighted by Crippen LogP contribution is -2.48. The second-order valence-electron chi connectivity index (χ2n) is 23.0. The van der Waals surface area contributed by atoms with Gasteiger partial charge in [-0.2, -0.15) is 0 Å². The molecule has 18 heteroatoms. The Hall–Kier alpha value is -8.70. The molecule has 0 fully saturated rings. The van der Waals surface area contributed by atoms with E-state index in [-0.39, 0.29) is 63.8 Å². The Kier molecular flexibility index (Phi) is 23.3. The molecule has 86 heavy (non-hydrogen) atoms. The molecule has 0 spiro atoms. The molecule has 7 rings (SSSR count). The van der Waals surface area contributed by atoms with Crippen LogP contribution in [0, 0.1) is 0 Å². The summed E-state index contributed by atoms with van der Waals surface area (Å²) in [6.45, 7) is 10.6. The Labute approximate surface area is 508 Å². The largest absolute Gasteiger partial charge is 0.458 e. The van der Waals surface area contributed by atoms with Crippen LogP contribution < -0.4 is 26.6 Å². The van der Waals surface area contributed by atoms with E-state index in [1.54, 1.807) is 59.7 Å². The highest BCUT2D eigenvalue weighted by Gasteiger charge is 2.44. The number of carbonyl (C=O) groups excluding carboxylic acids is 7. The molecule has 6 aromatic rings. The summed E-state index contributed by atoms with van der Waals surface area (Å²) in [4.78, 5) is 95.0. The third-order valence-corrected chi connectivity index (χ3v) is 14.4. The maximum absolute atomic E-state index is 14.8. The van der Waals surface area contributed by atoms with Crippen molar-refractivity contribution < 1.29 is 57.2 Å². The van der Waals surface area contributed by atoms with Crippen LogP contribution in [-0.2, 0) is 55.1 Å². The van der Waals surface area contributed by atoms with Crippen molar-refractivity contribution in [2.75, 3.05) is 19.7 Å². The quantitative estimate of drug-likeness (QED) is 0.0141. The molecule has 0 aliphatic heterocycles. The number of nitrogens with one attached hydrogen (secondary N) is 5. The van der Waals surface area contributed by atoms with Crippen LogP contribution in [-0.4, -0.2) is 91.1 Å². The molecule has 0 radical (unpaired) electrons. The number of ether oxygens (including phenoxy) is 5. The van der Waals surface area contributed by atoms with Crippen molar-refractivity contribution in [3.8, 4) is 11.1 Å². The predicted molar refractivity (Wildman–Crippen MR) is 328 cm³/mol. The lowest BCUT2D eigenvalue weighted by molar-refractivity contribution is -0.158. The number of halogens is 1. The summed E-state index contributed by atoms with van der Waals surface area (Å²) in [6, 6.07) is 47.1. The first kappa shape index (κ1) is 64.9. The molecule has 0 saturated heterocycles. The van der Waals surface area contributed by atoms with Crippen molar-refractivity contribution in [3.05, 3.63) is 202 Å². The van der Waals surface area contributed by atoms with E-state index in [4.69, 9.17) is 35.3 Å². The normalized spacial score (nSPS) is 13.1. The van der Waals surface area contributed by atoms with E-state index in [1.165, 1.54) is 0 Å². The standard InChI is InChI=1S/C68H78ClN5O12/c1-66(2,3)84-61(77)58(74-64(80)83-45-53-51-34-18-16-32-49(51)50-33-17-19-35-52(50)53)40-41-59(75)70-42-24-22-38-56(72-65(81)86-67(4,5)6)60(76)71-43-25-23-39-57(73-63(79)82-44-46-26-10-7-11-27-46)62(78)85-68(47-28-12-8-13-29-47,48-30-14-9-15-31-48)54-36-20-21-37-55(54)69/h7-21,26-37,53,56-58H,22-25,38-45H2,1-6H3,(H,70,75)(H,71,76)(H,72,81)(H,73,79)(H,74,80)/t56-,57-,58-/m0/s1. The SMILES string of the molecule is CC(C)(C)OC(=O)N[C@@H](CCCCNC(=O)CC[C@H](NC(=O)OCC1c2ccccc2-c2ccccc21)C(=O)OC(C)(C)C)C(=O)NCCCC[C@H](NC(=O)OCc1ccccc1)C(=O)OC(c1ccccc1)(c1ccccc1)c1ccccc1Cl. The molecule has 0 unspecified atom stereocenters. The van der Waals surface area contributed by atoms with Gasteiger partial charge in [-0.1, -0.05) is 169 Å². The van der Waals surface area contributed by atoms with Gasteiger partial charge in [-0.15, -0.1) is 0 Å². The minimum Gasteiger partial charge on any atom is -0.458 e. The number of esters is 2. The van der Waals surface area contributed by atoms with Gasteiger partial charge in [-0.05, 0) is 120 Å². The smallest absolute Gasteiger partial charge is 0.408 e. The third kappa shape index (κ3) is 18.9. The van der Waals surface area contributed by atoms with Gasteiger partial charge >= 0.3 is 30.2 Å². The summed E-state index contributed by atoms with van der Waals surface area (Å²) >= 11 is 6.93. The minimum absolute atomic E-state index is 0.0336. The van der Waals surface area contributed by atoms with Gasteiger partial charge in [-0.3, -0.25) is 9.59 Å². The van der Waals surface area contributed by atoms with Crippen LogP contribution in [0.2, 0.25) is 5.02 Å². The number of hydrogen-bond donors (Lipinski definition) is 5. The number of carbonyl (C=O) groups is 7. The molecule has 1 aliphatic rings. The number of alkyl carbamates (subject to hydrolysis) is 3. The maximum atomic E-state index is 14.8. The maximum Gasteiger partial charge on any atom is 0.408 e. The average Bonchev–Trinajstić information content (AvgIpc) is 1.03. The lowest BCUT2D eigenvalue weighted by Gasteiger charge is -2.37. The van der Waals surface area contributed by atoms with Crippen LogP contribution in [0.25, 0.3) is 11.1 Å². The number of fused-ring (bicyclic) bond motifs is 3. The Bertz CT molecular complexity index is 3160. The zero-order valence-electron chi connectivity index (χ0n) is 49.7. The zero-order chi connectivity index (χ0) is 61.7. The molecule has 17 nitrogen and oxygen atoms in total. The van der Waals surface area contributed by atoms with Crippen LogP contribution in [0.5, 0.6) is 0 Å². The molecular weight excluding hydrogens is 1110 g/mol. The topological polar surface area (TPSA) is 226 Å². The molecule has 5 amide bonds. The van der Waals surface area contributed by atoms with Crippen molar-refractivity contribution in [1.29, 1.82) is 0 Å². The summed E-state index contributed by atoms with van der Waals surface area (Å²) in [7, 11) is 0. The second-order valence-corrected chi connectivity index (χ2v) is 23.4. The Morgan fingerprint density at radius 3 is 1.51 bits per heavy atom. The van der Waals surface area contributed by atoms with Crippen LogP contribution >= 0.6 is 11.6 Å². The highest BCUT2D eigenvalue weighted by atomic mass is 35.5. The van der Waals surface area contributed by atoms with Crippen LogP contribution in [0.4, 0.5) is 14.4 Å². The zero-order valence-corrected chi connectivity index (χ0v) is 50.4. The molecule has 6 aromatic carbocycles. The fourth-order valence-corrected chi connectivity index (χ4v) is 10.4. The highest BCUT2D eigenvalue weighted by molar-refractivity contribution is 6.31. The first-order chi connectivity index (χ1) is 41.2. The van der Waals surface area contributed by atoms with Gasteiger partial charge in [-0.25, -0.2) is 24.0 Å². The molecule has 5 N–H and O–H groups in total. The van der Waals surface area contributed by atoms with Gasteiger partial charge in [0.2, 0.25) is 11.8 Å². The molecule has 3 atom stereocenters. The second kappa shape index (κ2) is 30.9. The van der Waals surface area contributed by atoms with E-state index in [9.17, 15) is 33.6 Å². The van der Waals surface area contributed by atoms with E-state index in [1.807, 2.05) is 146 Å². The number of hydrogen-bond acceptors (Lipinski definition) is 12. The molecule has 0 aromatic heterocycles. The third-order valence-electron chi connectivity index (χ3n) is 14.1. The number of amides is 5. The van der Waals surface area contributed by atoms with Crippen molar-refractivity contribution in [1.82, 2.24) is 26.6 Å². The van der Waals surface area contributed by atoms with Crippen LogP contribution in [0.3, 0.4) is 0 Å². The molecule has 0 heterocycles. The van der Waals surface area contributed by atoms with Gasteiger partial charge in [0.05, 0.1) is 0 Å². The highest BCUT2D eigenvalue weighted by Crippen LogP contribution is 2.45. The fraction of sp³-hybridized carbons (Fsp3) is 0.368. The number of rotatable bonds is 27. The number of unbranched alkanes of at least 4 members (excludes halogenated alkanes) is 2. The number of benzene rings is 6. The summed E-state index contributed by atoms with van der Waals surface area (Å²) in [5.74, 6) is -2.53. The minimum atomic E-state index is -1.55. The van der Waals surface area contributed by atoms with E-state index < -0.39 is 71.1 Å². The lowest BCUT2D eigenvalue weighted by atomic mass is 9.80. The summed E-state index contributed by atoms with van der Waals surface area (Å²) in [5, 5.41) is 14.1. The van der Waals surface area contributed by atoms with Crippen LogP contribution in [0.1, 0.15) is 132 Å². The van der Waals surface area contributed by atoms with E-state index in [0.717, 1.165) is 27.8 Å². The van der Waals surface area contributed by atoms with E-state index >= 15 is 0 Å². The van der Waals surface area contributed by atoms with Gasteiger partial charge in [0.15, 0.2) is 5.60 Å². The molecule has 0 saturated carbocycles. The summed E-state index contributed by atoms with van der Waals surface area (Å²) in [6.07, 6.45) is -0.879. The first-order valence-electron chi connectivity index (χ1n) is 29.1. The van der Waals surface area contributed by atoms with Gasteiger partial charge < -0.3 is 50.3 Å². The van der Waals surface area contributed by atoms with Gasteiger partial charge in [0.25, 0.3) is 0 Å². The summed E-state index contributed by atoms with van der Waals surface area (Å²) < 4.78 is 29.1. The molecule has 0 bridgehead atoms.